The van der Waals surface area contributed by atoms with E-state index in [1.807, 2.05) is 30.2 Å². The van der Waals surface area contributed by atoms with Gasteiger partial charge in [0, 0.05) is 16.3 Å². The van der Waals surface area contributed by atoms with Gasteiger partial charge in [-0.3, -0.25) is 19.3 Å². The summed E-state index contributed by atoms with van der Waals surface area (Å²) in [6, 6.07) is 12.0. The van der Waals surface area contributed by atoms with Gasteiger partial charge in [-0.2, -0.15) is 0 Å². The third-order valence-corrected chi connectivity index (χ3v) is 8.10. The number of imide groups is 1. The standard InChI is InChI=1S/C25H24N2O3S2/c1-15(2)14-19(27-23(28)16-6-3-4-7-17(16)24(27)29)25(30)26-11-9-20-18(10-13-32-20)22(26)21-8-5-12-31-21/h3-8,10,12-13,15,19,22H,9,11,14H2,1-2H3. The van der Waals surface area contributed by atoms with Crippen molar-refractivity contribution in [3.63, 3.8) is 0 Å². The van der Waals surface area contributed by atoms with Gasteiger partial charge >= 0.3 is 0 Å². The molecule has 0 radical (unpaired) electrons. The van der Waals surface area contributed by atoms with Crippen LogP contribution >= 0.6 is 22.7 Å². The van der Waals surface area contributed by atoms with Crippen molar-refractivity contribution >= 4 is 40.4 Å². The van der Waals surface area contributed by atoms with Crippen molar-refractivity contribution in [3.8, 4) is 0 Å². The Labute approximate surface area is 195 Å². The zero-order valence-electron chi connectivity index (χ0n) is 18.0. The Balaban J connectivity index is 1.54. The second kappa shape index (κ2) is 8.30. The number of amides is 3. The molecule has 0 bridgehead atoms. The third-order valence-electron chi connectivity index (χ3n) is 6.18. The maximum Gasteiger partial charge on any atom is 0.262 e. The van der Waals surface area contributed by atoms with Crippen molar-refractivity contribution in [3.05, 3.63) is 79.7 Å². The molecule has 2 atom stereocenters. The van der Waals surface area contributed by atoms with E-state index in [0.29, 0.717) is 24.1 Å². The van der Waals surface area contributed by atoms with E-state index in [1.54, 1.807) is 46.9 Å². The highest BCUT2D eigenvalue weighted by atomic mass is 32.1. The highest BCUT2D eigenvalue weighted by Crippen LogP contribution is 2.40. The molecule has 2 aliphatic heterocycles. The summed E-state index contributed by atoms with van der Waals surface area (Å²) in [5.41, 5.74) is 1.92. The van der Waals surface area contributed by atoms with E-state index < -0.39 is 6.04 Å². The monoisotopic (exact) mass is 464 g/mol. The zero-order chi connectivity index (χ0) is 22.4. The highest BCUT2D eigenvalue weighted by molar-refractivity contribution is 7.10. The van der Waals surface area contributed by atoms with E-state index in [2.05, 4.69) is 17.5 Å². The van der Waals surface area contributed by atoms with Gasteiger partial charge in [0.1, 0.15) is 6.04 Å². The summed E-state index contributed by atoms with van der Waals surface area (Å²) in [7, 11) is 0. The normalized spacial score (nSPS) is 18.8. The van der Waals surface area contributed by atoms with E-state index in [-0.39, 0.29) is 29.7 Å². The largest absolute Gasteiger partial charge is 0.329 e. The molecule has 2 unspecified atom stereocenters. The SMILES string of the molecule is CC(C)CC(C(=O)N1CCc2sccc2C1c1cccs1)N1C(=O)c2ccccc2C1=O. The maximum atomic E-state index is 14.1. The molecule has 0 spiro atoms. The van der Waals surface area contributed by atoms with E-state index >= 15 is 0 Å². The number of hydrogen-bond acceptors (Lipinski definition) is 5. The molecule has 5 nitrogen and oxygen atoms in total. The Kier molecular flexibility index (Phi) is 5.47. The summed E-state index contributed by atoms with van der Waals surface area (Å²) >= 11 is 3.35. The van der Waals surface area contributed by atoms with Crippen molar-refractivity contribution < 1.29 is 14.4 Å². The summed E-state index contributed by atoms with van der Waals surface area (Å²) in [6.07, 6.45) is 1.23. The number of carbonyl (C=O) groups excluding carboxylic acids is 3. The first-order valence-corrected chi connectivity index (χ1v) is 12.6. The predicted molar refractivity (Wildman–Crippen MR) is 126 cm³/mol. The molecule has 0 fully saturated rings. The maximum absolute atomic E-state index is 14.1. The van der Waals surface area contributed by atoms with Gasteiger partial charge in [-0.25, -0.2) is 0 Å². The fourth-order valence-corrected chi connectivity index (χ4v) is 6.51. The predicted octanol–water partition coefficient (Wildman–Crippen LogP) is 4.99. The van der Waals surface area contributed by atoms with Crippen molar-refractivity contribution in [2.24, 2.45) is 5.92 Å². The molecular weight excluding hydrogens is 440 g/mol. The molecule has 5 rings (SSSR count). The molecule has 3 aromatic rings. The topological polar surface area (TPSA) is 57.7 Å². The van der Waals surface area contributed by atoms with Crippen LogP contribution in [0.1, 0.15) is 62.3 Å². The van der Waals surface area contributed by atoms with Gasteiger partial charge < -0.3 is 4.90 Å². The van der Waals surface area contributed by atoms with Gasteiger partial charge in [-0.15, -0.1) is 22.7 Å². The average molecular weight is 465 g/mol. The number of hydrogen-bond donors (Lipinski definition) is 0. The smallest absolute Gasteiger partial charge is 0.262 e. The molecule has 7 heteroatoms. The van der Waals surface area contributed by atoms with Crippen molar-refractivity contribution in [2.45, 2.75) is 38.8 Å². The number of carbonyl (C=O) groups is 3. The van der Waals surface area contributed by atoms with Crippen molar-refractivity contribution in [2.75, 3.05) is 6.54 Å². The minimum Gasteiger partial charge on any atom is -0.329 e. The summed E-state index contributed by atoms with van der Waals surface area (Å²) in [6.45, 7) is 4.61. The Morgan fingerprint density at radius 3 is 2.34 bits per heavy atom. The van der Waals surface area contributed by atoms with E-state index in [0.717, 1.165) is 16.9 Å². The summed E-state index contributed by atoms with van der Waals surface area (Å²) < 4.78 is 0. The van der Waals surface area contributed by atoms with Gasteiger partial charge in [0.25, 0.3) is 11.8 Å². The van der Waals surface area contributed by atoms with Crippen LogP contribution in [-0.4, -0.2) is 40.1 Å². The van der Waals surface area contributed by atoms with Gasteiger partial charge in [-0.05, 0) is 59.3 Å². The molecule has 0 saturated heterocycles. The Hall–Kier alpha value is -2.77. The average Bonchev–Trinajstić information content (AvgIpc) is 3.52. The van der Waals surface area contributed by atoms with E-state index in [1.165, 1.54) is 9.78 Å². The molecule has 32 heavy (non-hydrogen) atoms. The van der Waals surface area contributed by atoms with Crippen LogP contribution in [0.5, 0.6) is 0 Å². The van der Waals surface area contributed by atoms with Crippen LogP contribution in [0.3, 0.4) is 0 Å². The van der Waals surface area contributed by atoms with Gasteiger partial charge in [-0.1, -0.05) is 32.0 Å². The van der Waals surface area contributed by atoms with Crippen LogP contribution in [0.2, 0.25) is 0 Å². The van der Waals surface area contributed by atoms with Gasteiger partial charge in [0.15, 0.2) is 0 Å². The second-order valence-electron chi connectivity index (χ2n) is 8.67. The van der Waals surface area contributed by atoms with Crippen molar-refractivity contribution in [1.29, 1.82) is 0 Å². The van der Waals surface area contributed by atoms with E-state index in [9.17, 15) is 14.4 Å². The first-order chi connectivity index (χ1) is 15.5. The number of thiophene rings is 2. The lowest BCUT2D eigenvalue weighted by Crippen LogP contribution is -2.53. The minimum absolute atomic E-state index is 0.148. The zero-order valence-corrected chi connectivity index (χ0v) is 19.6. The van der Waals surface area contributed by atoms with Crippen LogP contribution < -0.4 is 0 Å². The van der Waals surface area contributed by atoms with Gasteiger partial charge in [0.05, 0.1) is 17.2 Å². The van der Waals surface area contributed by atoms with Crippen molar-refractivity contribution in [1.82, 2.24) is 9.80 Å². The minimum atomic E-state index is -0.815. The summed E-state index contributed by atoms with van der Waals surface area (Å²) in [5, 5.41) is 4.10. The molecule has 4 heterocycles. The quantitative estimate of drug-likeness (QED) is 0.500. The highest BCUT2D eigenvalue weighted by Gasteiger charge is 2.46. The lowest BCUT2D eigenvalue weighted by atomic mass is 9.95. The van der Waals surface area contributed by atoms with Crippen LogP contribution in [0.25, 0.3) is 0 Å². The summed E-state index contributed by atoms with van der Waals surface area (Å²) in [5.74, 6) is -0.741. The van der Waals surface area contributed by atoms with Crippen LogP contribution in [0.15, 0.2) is 53.2 Å². The fraction of sp³-hybridized carbons (Fsp3) is 0.320. The number of fused-ring (bicyclic) bond motifs is 2. The molecular formula is C25H24N2O3S2. The Bertz CT molecular complexity index is 1150. The lowest BCUT2D eigenvalue weighted by molar-refractivity contribution is -0.138. The molecule has 0 N–H and O–H groups in total. The molecule has 3 amide bonds. The Morgan fingerprint density at radius 2 is 1.72 bits per heavy atom. The number of benzene rings is 1. The van der Waals surface area contributed by atoms with Crippen LogP contribution in [0, 0.1) is 5.92 Å². The molecule has 164 valence electrons. The van der Waals surface area contributed by atoms with Crippen LogP contribution in [-0.2, 0) is 11.2 Å². The third kappa shape index (κ3) is 3.40. The second-order valence-corrected chi connectivity index (χ2v) is 10.6. The Morgan fingerprint density at radius 1 is 1.00 bits per heavy atom. The molecule has 2 aliphatic rings. The summed E-state index contributed by atoms with van der Waals surface area (Å²) in [4.78, 5) is 46.0. The molecule has 2 aromatic heterocycles. The molecule has 1 aromatic carbocycles. The van der Waals surface area contributed by atoms with Crippen LogP contribution in [0.4, 0.5) is 0 Å². The number of nitrogens with zero attached hydrogens (tertiary/aromatic N) is 2. The molecule has 0 saturated carbocycles. The molecule has 0 aliphatic carbocycles. The van der Waals surface area contributed by atoms with Gasteiger partial charge in [0.2, 0.25) is 5.91 Å². The lowest BCUT2D eigenvalue weighted by Gasteiger charge is -2.39. The first-order valence-electron chi connectivity index (χ1n) is 10.8. The fourth-order valence-electron chi connectivity index (χ4n) is 4.75. The van der Waals surface area contributed by atoms with E-state index in [4.69, 9.17) is 0 Å². The number of rotatable bonds is 5. The first kappa shape index (κ1) is 21.1.